The van der Waals surface area contributed by atoms with E-state index < -0.39 is 16.0 Å². The summed E-state index contributed by atoms with van der Waals surface area (Å²) in [6.07, 6.45) is 1.39. The number of hydrogen-bond acceptors (Lipinski definition) is 3. The Bertz CT molecular complexity index is 622. The fraction of sp³-hybridized carbons (Fsp3) is 0.462. The lowest BCUT2D eigenvalue weighted by atomic mass is 10.0. The Morgan fingerprint density at radius 1 is 1.26 bits per heavy atom. The number of aromatic carboxylic acids is 1. The summed E-state index contributed by atoms with van der Waals surface area (Å²) >= 11 is 0. The molecule has 0 spiro atoms. The average molecular weight is 283 g/mol. The van der Waals surface area contributed by atoms with Crippen molar-refractivity contribution in [1.82, 2.24) is 0 Å². The van der Waals surface area contributed by atoms with Gasteiger partial charge in [0.05, 0.1) is 17.0 Å². The summed E-state index contributed by atoms with van der Waals surface area (Å²) in [5, 5.41) is 9.29. The molecule has 1 aliphatic heterocycles. The van der Waals surface area contributed by atoms with Gasteiger partial charge in [-0.2, -0.15) is 0 Å². The molecular formula is C13H17NO4S. The highest BCUT2D eigenvalue weighted by atomic mass is 32.2. The van der Waals surface area contributed by atoms with Crippen LogP contribution in [0.5, 0.6) is 0 Å². The van der Waals surface area contributed by atoms with Crippen molar-refractivity contribution in [3.63, 3.8) is 0 Å². The first kappa shape index (κ1) is 13.9. The number of carboxylic acid groups (broad SMARTS) is 1. The van der Waals surface area contributed by atoms with Crippen molar-refractivity contribution in [2.75, 3.05) is 16.6 Å². The first-order valence-corrected chi connectivity index (χ1v) is 7.79. The Morgan fingerprint density at radius 3 is 2.53 bits per heavy atom. The topological polar surface area (TPSA) is 74.7 Å². The van der Waals surface area contributed by atoms with Gasteiger partial charge in [-0.25, -0.2) is 13.2 Å². The molecule has 0 aliphatic carbocycles. The third-order valence-corrected chi connectivity index (χ3v) is 5.12. The van der Waals surface area contributed by atoms with E-state index in [-0.39, 0.29) is 11.3 Å². The summed E-state index contributed by atoms with van der Waals surface area (Å²) in [4.78, 5) is 11.4. The number of carboxylic acids is 1. The van der Waals surface area contributed by atoms with E-state index in [4.69, 9.17) is 0 Å². The third-order valence-electron chi connectivity index (χ3n) is 3.27. The normalized spacial score (nSPS) is 18.3. The lowest BCUT2D eigenvalue weighted by molar-refractivity contribution is 0.0697. The lowest BCUT2D eigenvalue weighted by Gasteiger charge is -2.30. The molecule has 1 aromatic rings. The minimum absolute atomic E-state index is 0.0583. The molecule has 0 saturated carbocycles. The number of hydrogen-bond donors (Lipinski definition) is 1. The molecule has 0 bridgehead atoms. The zero-order valence-corrected chi connectivity index (χ0v) is 11.8. The molecular weight excluding hydrogens is 266 g/mol. The lowest BCUT2D eigenvalue weighted by Crippen LogP contribution is -2.39. The fourth-order valence-electron chi connectivity index (χ4n) is 2.49. The number of anilines is 1. The van der Waals surface area contributed by atoms with Crippen LogP contribution in [0.1, 0.15) is 34.3 Å². The number of rotatable bonds is 2. The monoisotopic (exact) mass is 283 g/mol. The first-order valence-electron chi connectivity index (χ1n) is 6.18. The SMILES string of the molecule is Cc1cc(C)c(N2CCCCS2(=O)=O)c(C(=O)O)c1. The van der Waals surface area contributed by atoms with Crippen LogP contribution in [-0.2, 0) is 10.0 Å². The predicted octanol–water partition coefficient (Wildman–Crippen LogP) is 1.93. The van der Waals surface area contributed by atoms with Gasteiger partial charge in [0.2, 0.25) is 10.0 Å². The van der Waals surface area contributed by atoms with Crippen molar-refractivity contribution in [3.05, 3.63) is 28.8 Å². The van der Waals surface area contributed by atoms with Crippen LogP contribution in [0.2, 0.25) is 0 Å². The molecule has 0 unspecified atom stereocenters. The summed E-state index contributed by atoms with van der Waals surface area (Å²) in [5.74, 6) is -1.01. The van der Waals surface area contributed by atoms with Gasteiger partial charge in [0, 0.05) is 6.54 Å². The van der Waals surface area contributed by atoms with Crippen molar-refractivity contribution in [2.24, 2.45) is 0 Å². The molecule has 6 heteroatoms. The molecule has 5 nitrogen and oxygen atoms in total. The number of sulfonamides is 1. The van der Waals surface area contributed by atoms with Gasteiger partial charge in [-0.1, -0.05) is 6.07 Å². The van der Waals surface area contributed by atoms with Gasteiger partial charge in [-0.05, 0) is 43.9 Å². The van der Waals surface area contributed by atoms with Crippen molar-refractivity contribution >= 4 is 21.7 Å². The molecule has 1 N–H and O–H groups in total. The number of aryl methyl sites for hydroxylation is 2. The summed E-state index contributed by atoms with van der Waals surface area (Å²) < 4.78 is 25.5. The second-order valence-corrected chi connectivity index (χ2v) is 6.89. The third kappa shape index (κ3) is 2.58. The van der Waals surface area contributed by atoms with E-state index in [2.05, 4.69) is 0 Å². The minimum Gasteiger partial charge on any atom is -0.478 e. The van der Waals surface area contributed by atoms with Crippen molar-refractivity contribution < 1.29 is 18.3 Å². The smallest absolute Gasteiger partial charge is 0.337 e. The van der Waals surface area contributed by atoms with Gasteiger partial charge in [0.25, 0.3) is 0 Å². The second kappa shape index (κ2) is 4.85. The molecule has 1 saturated heterocycles. The molecule has 2 rings (SSSR count). The van der Waals surface area contributed by atoms with Crippen LogP contribution < -0.4 is 4.31 Å². The molecule has 1 aliphatic rings. The van der Waals surface area contributed by atoms with Gasteiger partial charge in [0.15, 0.2) is 0 Å². The molecule has 1 heterocycles. The molecule has 0 radical (unpaired) electrons. The highest BCUT2D eigenvalue weighted by Gasteiger charge is 2.30. The fourth-order valence-corrected chi connectivity index (χ4v) is 4.21. The predicted molar refractivity (Wildman–Crippen MR) is 73.2 cm³/mol. The van der Waals surface area contributed by atoms with E-state index in [1.165, 1.54) is 10.4 Å². The van der Waals surface area contributed by atoms with Crippen LogP contribution >= 0.6 is 0 Å². The van der Waals surface area contributed by atoms with Crippen LogP contribution in [0.15, 0.2) is 12.1 Å². The molecule has 19 heavy (non-hydrogen) atoms. The average Bonchev–Trinajstić information content (AvgIpc) is 2.28. The summed E-state index contributed by atoms with van der Waals surface area (Å²) in [6.45, 7) is 3.90. The summed E-state index contributed by atoms with van der Waals surface area (Å²) in [7, 11) is -3.40. The Hall–Kier alpha value is -1.56. The van der Waals surface area contributed by atoms with Crippen LogP contribution in [0.3, 0.4) is 0 Å². The minimum atomic E-state index is -3.40. The molecule has 1 fully saturated rings. The number of carbonyl (C=O) groups is 1. The number of nitrogens with zero attached hydrogens (tertiary/aromatic N) is 1. The van der Waals surface area contributed by atoms with E-state index in [9.17, 15) is 18.3 Å². The van der Waals surface area contributed by atoms with E-state index in [0.717, 1.165) is 12.0 Å². The van der Waals surface area contributed by atoms with E-state index in [1.807, 2.05) is 6.07 Å². The molecule has 0 amide bonds. The maximum Gasteiger partial charge on any atom is 0.337 e. The molecule has 0 atom stereocenters. The Morgan fingerprint density at radius 2 is 1.95 bits per heavy atom. The van der Waals surface area contributed by atoms with Gasteiger partial charge >= 0.3 is 5.97 Å². The highest BCUT2D eigenvalue weighted by molar-refractivity contribution is 7.92. The quantitative estimate of drug-likeness (QED) is 0.900. The molecule has 0 aromatic heterocycles. The van der Waals surface area contributed by atoms with Crippen LogP contribution in [-0.4, -0.2) is 31.8 Å². The van der Waals surface area contributed by atoms with Crippen molar-refractivity contribution in [2.45, 2.75) is 26.7 Å². The molecule has 1 aromatic carbocycles. The maximum absolute atomic E-state index is 12.1. The summed E-state index contributed by atoms with van der Waals surface area (Å²) in [6, 6.07) is 3.33. The van der Waals surface area contributed by atoms with Gasteiger partial charge in [0.1, 0.15) is 0 Å². The van der Waals surface area contributed by atoms with E-state index in [0.29, 0.717) is 24.2 Å². The van der Waals surface area contributed by atoms with E-state index >= 15 is 0 Å². The maximum atomic E-state index is 12.1. The van der Waals surface area contributed by atoms with Gasteiger partial charge < -0.3 is 5.11 Å². The van der Waals surface area contributed by atoms with Crippen molar-refractivity contribution in [1.29, 1.82) is 0 Å². The zero-order valence-electron chi connectivity index (χ0n) is 11.0. The number of benzene rings is 1. The Labute approximate surface area is 112 Å². The highest BCUT2D eigenvalue weighted by Crippen LogP contribution is 2.31. The van der Waals surface area contributed by atoms with Crippen LogP contribution in [0, 0.1) is 13.8 Å². The van der Waals surface area contributed by atoms with Crippen LogP contribution in [0.25, 0.3) is 0 Å². The zero-order chi connectivity index (χ0) is 14.2. The van der Waals surface area contributed by atoms with E-state index in [1.54, 1.807) is 13.8 Å². The largest absolute Gasteiger partial charge is 0.478 e. The summed E-state index contributed by atoms with van der Waals surface area (Å²) in [5.41, 5.74) is 1.87. The van der Waals surface area contributed by atoms with Gasteiger partial charge in [-0.3, -0.25) is 4.31 Å². The van der Waals surface area contributed by atoms with Crippen LogP contribution in [0.4, 0.5) is 5.69 Å². The molecule has 104 valence electrons. The standard InChI is InChI=1S/C13H17NO4S/c1-9-7-10(2)12(11(8-9)13(15)16)14-5-3-4-6-19(14,17)18/h7-8H,3-6H2,1-2H3,(H,15,16). The Balaban J connectivity index is 2.64. The van der Waals surface area contributed by atoms with Gasteiger partial charge in [-0.15, -0.1) is 0 Å². The van der Waals surface area contributed by atoms with Crippen molar-refractivity contribution in [3.8, 4) is 0 Å². The Kier molecular flexibility index (Phi) is 3.54. The first-order chi connectivity index (χ1) is 8.83. The second-order valence-electron chi connectivity index (χ2n) is 4.88.